The Kier molecular flexibility index (Phi) is 3.94. The van der Waals surface area contributed by atoms with E-state index in [-0.39, 0.29) is 5.91 Å². The Morgan fingerprint density at radius 3 is 2.77 bits per heavy atom. The van der Waals surface area contributed by atoms with Gasteiger partial charge in [-0.05, 0) is 43.2 Å². The average Bonchev–Trinajstić information content (AvgIpc) is 2.96. The van der Waals surface area contributed by atoms with Crippen molar-refractivity contribution in [1.29, 1.82) is 0 Å². The molecule has 0 spiro atoms. The van der Waals surface area contributed by atoms with E-state index in [0.29, 0.717) is 12.1 Å². The van der Waals surface area contributed by atoms with Crippen LogP contribution < -0.4 is 0 Å². The molecule has 3 aromatic rings. The van der Waals surface area contributed by atoms with Crippen LogP contribution in [0.1, 0.15) is 27.0 Å². The Hall–Kier alpha value is -2.20. The van der Waals surface area contributed by atoms with Gasteiger partial charge in [0.25, 0.3) is 5.91 Å². The number of thiazole rings is 1. The van der Waals surface area contributed by atoms with Crippen LogP contribution in [0.4, 0.5) is 0 Å². The molecule has 1 heterocycles. The summed E-state index contributed by atoms with van der Waals surface area (Å²) in [6, 6.07) is 12.0. The highest BCUT2D eigenvalue weighted by molar-refractivity contribution is 7.16. The molecule has 3 rings (SSSR count). The Balaban J connectivity index is 1.81. The molecule has 0 bridgehead atoms. The third kappa shape index (κ3) is 2.88. The predicted molar refractivity (Wildman–Crippen MR) is 91.3 cm³/mol. The van der Waals surface area contributed by atoms with Crippen molar-refractivity contribution in [2.24, 2.45) is 0 Å². The van der Waals surface area contributed by atoms with E-state index in [1.54, 1.807) is 21.7 Å². The molecule has 0 saturated heterocycles. The maximum atomic E-state index is 12.6. The largest absolute Gasteiger partial charge is 0.337 e. The highest BCUT2D eigenvalue weighted by atomic mass is 32.1. The Morgan fingerprint density at radius 1 is 1.18 bits per heavy atom. The molecule has 22 heavy (non-hydrogen) atoms. The Bertz CT molecular complexity index is 838. The average molecular weight is 310 g/mol. The number of benzene rings is 2. The van der Waals surface area contributed by atoms with Gasteiger partial charge in [0.1, 0.15) is 0 Å². The van der Waals surface area contributed by atoms with Crippen molar-refractivity contribution < 1.29 is 4.79 Å². The van der Waals surface area contributed by atoms with Crippen LogP contribution in [0.3, 0.4) is 0 Å². The van der Waals surface area contributed by atoms with Crippen molar-refractivity contribution in [2.75, 3.05) is 7.05 Å². The maximum absolute atomic E-state index is 12.6. The summed E-state index contributed by atoms with van der Waals surface area (Å²) in [6.07, 6.45) is 0. The number of fused-ring (bicyclic) bond motifs is 1. The summed E-state index contributed by atoms with van der Waals surface area (Å²) < 4.78 is 1.05. The molecular formula is C18H18N2OS. The molecule has 0 atom stereocenters. The zero-order valence-electron chi connectivity index (χ0n) is 13.0. The fraction of sp³-hybridized carbons (Fsp3) is 0.222. The van der Waals surface area contributed by atoms with Gasteiger partial charge in [0.2, 0.25) is 0 Å². The van der Waals surface area contributed by atoms with Gasteiger partial charge in [-0.1, -0.05) is 23.8 Å². The molecule has 112 valence electrons. The van der Waals surface area contributed by atoms with E-state index < -0.39 is 0 Å². The van der Waals surface area contributed by atoms with E-state index in [1.165, 1.54) is 16.7 Å². The summed E-state index contributed by atoms with van der Waals surface area (Å²) in [5, 5.41) is 0. The monoisotopic (exact) mass is 310 g/mol. The summed E-state index contributed by atoms with van der Waals surface area (Å²) >= 11 is 1.56. The molecule has 0 aliphatic rings. The predicted octanol–water partition coefficient (Wildman–Crippen LogP) is 4.19. The van der Waals surface area contributed by atoms with Crippen molar-refractivity contribution in [3.8, 4) is 0 Å². The summed E-state index contributed by atoms with van der Waals surface area (Å²) in [7, 11) is 1.85. The number of aryl methyl sites for hydroxylation is 2. The van der Waals surface area contributed by atoms with E-state index in [1.807, 2.05) is 25.2 Å². The lowest BCUT2D eigenvalue weighted by molar-refractivity contribution is 0.0785. The summed E-state index contributed by atoms with van der Waals surface area (Å²) in [5.74, 6) is 0.0373. The molecule has 4 heteroatoms. The lowest BCUT2D eigenvalue weighted by Gasteiger charge is -2.19. The number of hydrogen-bond acceptors (Lipinski definition) is 3. The fourth-order valence-corrected chi connectivity index (χ4v) is 3.28. The number of carbonyl (C=O) groups is 1. The minimum atomic E-state index is 0.0373. The van der Waals surface area contributed by atoms with Crippen LogP contribution in [0, 0.1) is 13.8 Å². The normalized spacial score (nSPS) is 10.9. The first-order valence-corrected chi connectivity index (χ1v) is 8.07. The second kappa shape index (κ2) is 5.89. The van der Waals surface area contributed by atoms with Crippen LogP contribution in [0.15, 0.2) is 41.9 Å². The molecule has 2 aromatic carbocycles. The molecular weight excluding hydrogens is 292 g/mol. The molecule has 1 amide bonds. The molecule has 0 saturated carbocycles. The molecule has 0 unspecified atom stereocenters. The van der Waals surface area contributed by atoms with Gasteiger partial charge in [0.05, 0.1) is 15.7 Å². The number of rotatable bonds is 3. The van der Waals surface area contributed by atoms with E-state index in [0.717, 1.165) is 10.2 Å². The van der Waals surface area contributed by atoms with Crippen LogP contribution in [0.25, 0.3) is 10.2 Å². The van der Waals surface area contributed by atoms with Crippen molar-refractivity contribution in [2.45, 2.75) is 20.4 Å². The molecule has 3 nitrogen and oxygen atoms in total. The molecule has 0 aliphatic heterocycles. The number of amides is 1. The van der Waals surface area contributed by atoms with Crippen molar-refractivity contribution in [3.05, 3.63) is 64.2 Å². The lowest BCUT2D eigenvalue weighted by Crippen LogP contribution is -2.26. The summed E-state index contributed by atoms with van der Waals surface area (Å²) in [4.78, 5) is 18.6. The van der Waals surface area contributed by atoms with Gasteiger partial charge < -0.3 is 4.90 Å². The van der Waals surface area contributed by atoms with Crippen LogP contribution >= 0.6 is 11.3 Å². The molecule has 0 fully saturated rings. The van der Waals surface area contributed by atoms with Gasteiger partial charge in [-0.2, -0.15) is 0 Å². The zero-order valence-corrected chi connectivity index (χ0v) is 13.8. The quantitative estimate of drug-likeness (QED) is 0.727. The first-order valence-electron chi connectivity index (χ1n) is 7.19. The van der Waals surface area contributed by atoms with E-state index >= 15 is 0 Å². The number of nitrogens with zero attached hydrogens (tertiary/aromatic N) is 2. The third-order valence-electron chi connectivity index (χ3n) is 3.83. The highest BCUT2D eigenvalue weighted by Crippen LogP contribution is 2.20. The van der Waals surface area contributed by atoms with E-state index in [4.69, 9.17) is 0 Å². The standard InChI is InChI=1S/C18H18N2OS/c1-12-4-5-15(13(2)8-12)10-20(3)18(21)14-6-7-16-17(9-14)22-11-19-16/h4-9,11H,10H2,1-3H3. The second-order valence-corrected chi connectivity index (χ2v) is 6.51. The number of carbonyl (C=O) groups excluding carboxylic acids is 1. The SMILES string of the molecule is Cc1ccc(CN(C)C(=O)c2ccc3ncsc3c2)c(C)c1. The van der Waals surface area contributed by atoms with Gasteiger partial charge >= 0.3 is 0 Å². The Morgan fingerprint density at radius 2 is 2.00 bits per heavy atom. The smallest absolute Gasteiger partial charge is 0.253 e. The second-order valence-electron chi connectivity index (χ2n) is 5.63. The van der Waals surface area contributed by atoms with Crippen LogP contribution in [-0.4, -0.2) is 22.8 Å². The topological polar surface area (TPSA) is 33.2 Å². The van der Waals surface area contributed by atoms with E-state index in [9.17, 15) is 4.79 Å². The molecule has 0 radical (unpaired) electrons. The van der Waals surface area contributed by atoms with Gasteiger partial charge in [-0.3, -0.25) is 4.79 Å². The third-order valence-corrected chi connectivity index (χ3v) is 4.62. The number of aromatic nitrogens is 1. The van der Waals surface area contributed by atoms with Crippen molar-refractivity contribution in [3.63, 3.8) is 0 Å². The van der Waals surface area contributed by atoms with Gasteiger partial charge in [-0.25, -0.2) is 4.98 Å². The highest BCUT2D eigenvalue weighted by Gasteiger charge is 2.14. The summed E-state index contributed by atoms with van der Waals surface area (Å²) in [6.45, 7) is 4.78. The fourth-order valence-electron chi connectivity index (χ4n) is 2.56. The van der Waals surface area contributed by atoms with E-state index in [2.05, 4.69) is 37.0 Å². The maximum Gasteiger partial charge on any atom is 0.253 e. The lowest BCUT2D eigenvalue weighted by atomic mass is 10.1. The minimum Gasteiger partial charge on any atom is -0.337 e. The molecule has 1 aromatic heterocycles. The van der Waals surface area contributed by atoms with Gasteiger partial charge in [-0.15, -0.1) is 11.3 Å². The van der Waals surface area contributed by atoms with Crippen molar-refractivity contribution >= 4 is 27.5 Å². The molecule has 0 aliphatic carbocycles. The van der Waals surface area contributed by atoms with Crippen LogP contribution in [-0.2, 0) is 6.54 Å². The van der Waals surface area contributed by atoms with Gasteiger partial charge in [0, 0.05) is 19.2 Å². The summed E-state index contributed by atoms with van der Waals surface area (Å²) in [5.41, 5.74) is 7.10. The van der Waals surface area contributed by atoms with Gasteiger partial charge in [0.15, 0.2) is 0 Å². The zero-order chi connectivity index (χ0) is 15.7. The van der Waals surface area contributed by atoms with Crippen LogP contribution in [0.5, 0.6) is 0 Å². The minimum absolute atomic E-state index is 0.0373. The number of hydrogen-bond donors (Lipinski definition) is 0. The van der Waals surface area contributed by atoms with Crippen LogP contribution in [0.2, 0.25) is 0 Å². The van der Waals surface area contributed by atoms with Crippen molar-refractivity contribution in [1.82, 2.24) is 9.88 Å². The first kappa shape index (κ1) is 14.7. The Labute approximate surface area is 134 Å². The molecule has 0 N–H and O–H groups in total. The first-order chi connectivity index (χ1) is 10.5.